The Labute approximate surface area is 150 Å². The van der Waals surface area contributed by atoms with Crippen molar-refractivity contribution in [3.05, 3.63) is 53.9 Å². The van der Waals surface area contributed by atoms with Gasteiger partial charge in [-0.1, -0.05) is 12.1 Å². The van der Waals surface area contributed by atoms with Crippen molar-refractivity contribution in [2.45, 2.75) is 58.6 Å². The molecule has 1 amide bonds. The van der Waals surface area contributed by atoms with Crippen molar-refractivity contribution >= 4 is 5.91 Å². The molecule has 0 radical (unpaired) electrons. The lowest BCUT2D eigenvalue weighted by Crippen LogP contribution is -2.33. The van der Waals surface area contributed by atoms with Crippen LogP contribution in [0.15, 0.2) is 42.7 Å². The average molecular weight is 340 g/mol. The number of amides is 1. The molecule has 0 spiro atoms. The van der Waals surface area contributed by atoms with Crippen molar-refractivity contribution in [1.82, 2.24) is 10.3 Å². The molecule has 1 aromatic heterocycles. The molecule has 4 heteroatoms. The highest BCUT2D eigenvalue weighted by molar-refractivity contribution is 5.95. The zero-order chi connectivity index (χ0) is 18.4. The Hall–Kier alpha value is -2.20. The number of aliphatic hydroxyl groups is 1. The molecule has 0 saturated carbocycles. The van der Waals surface area contributed by atoms with Crippen molar-refractivity contribution in [2.75, 3.05) is 0 Å². The van der Waals surface area contributed by atoms with Crippen LogP contribution in [0, 0.1) is 6.92 Å². The molecule has 0 bridgehead atoms. The molecular formula is C21H28N2O2. The number of aryl methyl sites for hydroxylation is 1. The van der Waals surface area contributed by atoms with Crippen LogP contribution >= 0.6 is 0 Å². The molecule has 0 saturated heterocycles. The molecule has 2 N–H and O–H groups in total. The Bertz CT molecular complexity index is 720. The summed E-state index contributed by atoms with van der Waals surface area (Å²) in [6, 6.07) is 9.70. The maximum absolute atomic E-state index is 12.5. The van der Waals surface area contributed by atoms with Gasteiger partial charge < -0.3 is 10.4 Å². The minimum absolute atomic E-state index is 0.0654. The van der Waals surface area contributed by atoms with Crippen LogP contribution in [-0.4, -0.2) is 27.6 Å². The summed E-state index contributed by atoms with van der Waals surface area (Å²) in [6.45, 7) is 7.63. The normalized spacial score (nSPS) is 12.7. The quantitative estimate of drug-likeness (QED) is 0.797. The number of pyridine rings is 1. The number of carbonyl (C=O) groups excluding carboxylic acids is 1. The molecule has 0 aliphatic heterocycles. The van der Waals surface area contributed by atoms with E-state index in [0.717, 1.165) is 36.0 Å². The highest BCUT2D eigenvalue weighted by atomic mass is 16.3. The Morgan fingerprint density at radius 3 is 2.76 bits per heavy atom. The molecule has 25 heavy (non-hydrogen) atoms. The fourth-order valence-corrected chi connectivity index (χ4v) is 2.85. The first-order chi connectivity index (χ1) is 11.8. The maximum Gasteiger partial charge on any atom is 0.251 e. The van der Waals surface area contributed by atoms with Gasteiger partial charge in [0.25, 0.3) is 5.91 Å². The summed E-state index contributed by atoms with van der Waals surface area (Å²) in [5, 5.41) is 12.8. The lowest BCUT2D eigenvalue weighted by atomic mass is 9.99. The van der Waals surface area contributed by atoms with Gasteiger partial charge in [0.1, 0.15) is 0 Å². The van der Waals surface area contributed by atoms with Crippen LogP contribution in [0.4, 0.5) is 0 Å². The van der Waals surface area contributed by atoms with Crippen LogP contribution < -0.4 is 5.32 Å². The summed E-state index contributed by atoms with van der Waals surface area (Å²) < 4.78 is 0. The highest BCUT2D eigenvalue weighted by Gasteiger charge is 2.15. The predicted molar refractivity (Wildman–Crippen MR) is 101 cm³/mol. The molecule has 2 rings (SSSR count). The summed E-state index contributed by atoms with van der Waals surface area (Å²) in [6.07, 6.45) is 6.04. The first-order valence-electron chi connectivity index (χ1n) is 8.80. The van der Waals surface area contributed by atoms with Crippen LogP contribution in [0.2, 0.25) is 0 Å². The summed E-state index contributed by atoms with van der Waals surface area (Å²) in [7, 11) is 0. The predicted octanol–water partition coefficient (Wildman–Crippen LogP) is 4.12. The summed E-state index contributed by atoms with van der Waals surface area (Å²) in [4.78, 5) is 16.6. The molecule has 134 valence electrons. The molecule has 1 heterocycles. The first-order valence-corrected chi connectivity index (χ1v) is 8.80. The van der Waals surface area contributed by atoms with Gasteiger partial charge in [0.15, 0.2) is 0 Å². The Morgan fingerprint density at radius 1 is 1.32 bits per heavy atom. The zero-order valence-electron chi connectivity index (χ0n) is 15.5. The van der Waals surface area contributed by atoms with Crippen LogP contribution in [0.25, 0.3) is 11.1 Å². The number of rotatable bonds is 7. The second-order valence-electron chi connectivity index (χ2n) is 7.35. The van der Waals surface area contributed by atoms with Gasteiger partial charge in [0.05, 0.1) is 5.60 Å². The topological polar surface area (TPSA) is 62.2 Å². The molecule has 2 aromatic rings. The van der Waals surface area contributed by atoms with Gasteiger partial charge in [-0.05, 0) is 81.8 Å². The summed E-state index contributed by atoms with van der Waals surface area (Å²) in [5.74, 6) is -0.0654. The van der Waals surface area contributed by atoms with Crippen molar-refractivity contribution in [2.24, 2.45) is 0 Å². The molecule has 1 atom stereocenters. The SMILES string of the molecule is Cc1cnccc1-c1cccc(C(=O)N[C@@H](C)CCCC(C)(C)O)c1. The molecule has 0 fully saturated rings. The Morgan fingerprint density at radius 2 is 2.08 bits per heavy atom. The van der Waals surface area contributed by atoms with Gasteiger partial charge in [-0.15, -0.1) is 0 Å². The minimum Gasteiger partial charge on any atom is -0.390 e. The van der Waals surface area contributed by atoms with Crippen molar-refractivity contribution in [3.63, 3.8) is 0 Å². The van der Waals surface area contributed by atoms with Gasteiger partial charge >= 0.3 is 0 Å². The third-order valence-corrected chi connectivity index (χ3v) is 4.26. The highest BCUT2D eigenvalue weighted by Crippen LogP contribution is 2.23. The van der Waals surface area contributed by atoms with E-state index >= 15 is 0 Å². The number of hydrogen-bond acceptors (Lipinski definition) is 3. The first kappa shape index (κ1) is 19.1. The number of nitrogens with zero attached hydrogens (tertiary/aromatic N) is 1. The maximum atomic E-state index is 12.5. The van der Waals surface area contributed by atoms with Crippen molar-refractivity contribution in [3.8, 4) is 11.1 Å². The second-order valence-corrected chi connectivity index (χ2v) is 7.35. The van der Waals surface area contributed by atoms with E-state index in [4.69, 9.17) is 0 Å². The summed E-state index contributed by atoms with van der Waals surface area (Å²) >= 11 is 0. The Balaban J connectivity index is 2.00. The number of aromatic nitrogens is 1. The average Bonchev–Trinajstić information content (AvgIpc) is 2.54. The molecular weight excluding hydrogens is 312 g/mol. The fraction of sp³-hybridized carbons (Fsp3) is 0.429. The summed E-state index contributed by atoms with van der Waals surface area (Å²) in [5.41, 5.74) is 3.19. The Kier molecular flexibility index (Phi) is 6.32. The minimum atomic E-state index is -0.652. The lowest BCUT2D eigenvalue weighted by molar-refractivity contribution is 0.0674. The zero-order valence-corrected chi connectivity index (χ0v) is 15.5. The third kappa shape index (κ3) is 5.98. The number of benzene rings is 1. The van der Waals surface area contributed by atoms with Crippen LogP contribution in [0.1, 0.15) is 56.0 Å². The smallest absolute Gasteiger partial charge is 0.251 e. The van der Waals surface area contributed by atoms with E-state index in [9.17, 15) is 9.90 Å². The van der Waals surface area contributed by atoms with Gasteiger partial charge in [0, 0.05) is 24.0 Å². The van der Waals surface area contributed by atoms with E-state index in [2.05, 4.69) is 10.3 Å². The van der Waals surface area contributed by atoms with E-state index in [-0.39, 0.29) is 11.9 Å². The van der Waals surface area contributed by atoms with E-state index < -0.39 is 5.60 Å². The van der Waals surface area contributed by atoms with Gasteiger partial charge in [-0.3, -0.25) is 9.78 Å². The van der Waals surface area contributed by atoms with Crippen LogP contribution in [0.5, 0.6) is 0 Å². The van der Waals surface area contributed by atoms with E-state index in [1.807, 2.05) is 64.2 Å². The standard InChI is InChI=1S/C21H28N2O2/c1-15-14-22-12-10-19(15)17-8-5-9-18(13-17)20(24)23-16(2)7-6-11-21(3,4)25/h5,8-10,12-14,16,25H,6-7,11H2,1-4H3,(H,23,24)/t16-/m0/s1. The molecule has 1 aromatic carbocycles. The second kappa shape index (κ2) is 8.26. The third-order valence-electron chi connectivity index (χ3n) is 4.26. The lowest BCUT2D eigenvalue weighted by Gasteiger charge is -2.19. The van der Waals surface area contributed by atoms with E-state index in [1.165, 1.54) is 0 Å². The van der Waals surface area contributed by atoms with E-state index in [1.54, 1.807) is 6.20 Å². The van der Waals surface area contributed by atoms with Crippen LogP contribution in [-0.2, 0) is 0 Å². The number of carbonyl (C=O) groups is 1. The largest absolute Gasteiger partial charge is 0.390 e. The van der Waals surface area contributed by atoms with E-state index in [0.29, 0.717) is 5.56 Å². The fourth-order valence-electron chi connectivity index (χ4n) is 2.85. The monoisotopic (exact) mass is 340 g/mol. The van der Waals surface area contributed by atoms with Crippen molar-refractivity contribution in [1.29, 1.82) is 0 Å². The van der Waals surface area contributed by atoms with Crippen molar-refractivity contribution < 1.29 is 9.90 Å². The van der Waals surface area contributed by atoms with Gasteiger partial charge in [0.2, 0.25) is 0 Å². The van der Waals surface area contributed by atoms with Crippen LogP contribution in [0.3, 0.4) is 0 Å². The molecule has 0 aliphatic carbocycles. The van der Waals surface area contributed by atoms with Gasteiger partial charge in [-0.25, -0.2) is 0 Å². The molecule has 0 unspecified atom stereocenters. The number of hydrogen-bond donors (Lipinski definition) is 2. The van der Waals surface area contributed by atoms with Gasteiger partial charge in [-0.2, -0.15) is 0 Å². The molecule has 4 nitrogen and oxygen atoms in total. The number of nitrogens with one attached hydrogen (secondary N) is 1. The molecule has 0 aliphatic rings.